The summed E-state index contributed by atoms with van der Waals surface area (Å²) in [6, 6.07) is 8.18. The molecule has 21 heavy (non-hydrogen) atoms. The highest BCUT2D eigenvalue weighted by atomic mass is 16.5. The predicted octanol–water partition coefficient (Wildman–Crippen LogP) is 2.41. The van der Waals surface area contributed by atoms with E-state index in [4.69, 9.17) is 4.74 Å². The summed E-state index contributed by atoms with van der Waals surface area (Å²) in [4.78, 5) is 2.07. The number of nitrogens with zero attached hydrogens (tertiary/aromatic N) is 1. The van der Waals surface area contributed by atoms with Crippen molar-refractivity contribution in [1.29, 1.82) is 0 Å². The summed E-state index contributed by atoms with van der Waals surface area (Å²) in [7, 11) is 4.06. The van der Waals surface area contributed by atoms with Crippen LogP contribution in [0.5, 0.6) is 5.75 Å². The number of nitrogens with one attached hydrogen (secondary N) is 1. The Morgan fingerprint density at radius 3 is 2.90 bits per heavy atom. The van der Waals surface area contributed by atoms with Crippen LogP contribution < -0.4 is 15.0 Å². The summed E-state index contributed by atoms with van der Waals surface area (Å²) in [5.41, 5.74) is 0.972. The van der Waals surface area contributed by atoms with Crippen LogP contribution in [0.3, 0.4) is 0 Å². The quantitative estimate of drug-likeness (QED) is 0.845. The van der Waals surface area contributed by atoms with Gasteiger partial charge < -0.3 is 20.1 Å². The fourth-order valence-corrected chi connectivity index (χ4v) is 3.17. The van der Waals surface area contributed by atoms with Gasteiger partial charge in [0, 0.05) is 37.8 Å². The van der Waals surface area contributed by atoms with Gasteiger partial charge in [-0.15, -0.1) is 0 Å². The third-order valence-electron chi connectivity index (χ3n) is 4.29. The van der Waals surface area contributed by atoms with Crippen LogP contribution >= 0.6 is 0 Å². The van der Waals surface area contributed by atoms with Gasteiger partial charge in [0.1, 0.15) is 11.9 Å². The predicted molar refractivity (Wildman–Crippen MR) is 87.1 cm³/mol. The van der Waals surface area contributed by atoms with Crippen molar-refractivity contribution in [3.8, 4) is 5.75 Å². The zero-order chi connectivity index (χ0) is 15.3. The molecule has 0 radical (unpaired) electrons. The van der Waals surface area contributed by atoms with Crippen molar-refractivity contribution in [2.24, 2.45) is 0 Å². The lowest BCUT2D eigenvalue weighted by atomic mass is 9.80. The second-order valence-corrected chi connectivity index (χ2v) is 6.20. The van der Waals surface area contributed by atoms with Crippen LogP contribution in [0.15, 0.2) is 24.3 Å². The zero-order valence-corrected chi connectivity index (χ0v) is 13.4. The topological polar surface area (TPSA) is 44.7 Å². The summed E-state index contributed by atoms with van der Waals surface area (Å²) in [6.07, 6.45) is 4.20. The van der Waals surface area contributed by atoms with Crippen LogP contribution in [0.4, 0.5) is 5.69 Å². The van der Waals surface area contributed by atoms with E-state index < -0.39 is 0 Å². The minimum atomic E-state index is -0.170. The van der Waals surface area contributed by atoms with Crippen LogP contribution in [0.25, 0.3) is 0 Å². The summed E-state index contributed by atoms with van der Waals surface area (Å²) in [6.45, 7) is 3.14. The number of aliphatic hydroxyl groups excluding tert-OH is 1. The molecule has 1 aromatic carbocycles. The van der Waals surface area contributed by atoms with Gasteiger partial charge in [0.15, 0.2) is 0 Å². The number of hydrogen-bond acceptors (Lipinski definition) is 4. The van der Waals surface area contributed by atoms with Gasteiger partial charge in [0.25, 0.3) is 0 Å². The van der Waals surface area contributed by atoms with Gasteiger partial charge in [0.05, 0.1) is 6.61 Å². The van der Waals surface area contributed by atoms with E-state index in [0.29, 0.717) is 0 Å². The van der Waals surface area contributed by atoms with Crippen molar-refractivity contribution >= 4 is 5.69 Å². The highest BCUT2D eigenvalue weighted by molar-refractivity contribution is 5.49. The van der Waals surface area contributed by atoms with Crippen molar-refractivity contribution < 1.29 is 9.84 Å². The van der Waals surface area contributed by atoms with E-state index in [1.807, 2.05) is 26.2 Å². The number of ether oxygens (including phenoxy) is 1. The van der Waals surface area contributed by atoms with Crippen molar-refractivity contribution in [3.05, 3.63) is 24.3 Å². The maximum Gasteiger partial charge on any atom is 0.121 e. The molecule has 2 atom stereocenters. The second kappa shape index (κ2) is 7.14. The average molecular weight is 292 g/mol. The maximum atomic E-state index is 9.75. The van der Waals surface area contributed by atoms with Gasteiger partial charge in [-0.3, -0.25) is 0 Å². The Morgan fingerprint density at radius 1 is 1.43 bits per heavy atom. The van der Waals surface area contributed by atoms with Gasteiger partial charge in [-0.2, -0.15) is 0 Å². The van der Waals surface area contributed by atoms with Crippen LogP contribution in [0.1, 0.15) is 32.6 Å². The molecule has 0 heterocycles. The van der Waals surface area contributed by atoms with Crippen LogP contribution in [0, 0.1) is 0 Å². The van der Waals surface area contributed by atoms with E-state index in [1.165, 1.54) is 0 Å². The number of rotatable bonds is 6. The molecular weight excluding hydrogens is 264 g/mol. The minimum Gasteiger partial charge on any atom is -0.490 e. The summed E-state index contributed by atoms with van der Waals surface area (Å²) < 4.78 is 6.17. The van der Waals surface area contributed by atoms with Crippen LogP contribution in [0.2, 0.25) is 0 Å². The summed E-state index contributed by atoms with van der Waals surface area (Å²) in [5.74, 6) is 0.913. The first kappa shape index (κ1) is 16.1. The van der Waals surface area contributed by atoms with E-state index >= 15 is 0 Å². The number of aliphatic hydroxyl groups is 1. The SMILES string of the molecule is CCNC1(CO)CCCC(Oc2cccc(N(C)C)c2)C1. The van der Waals surface area contributed by atoms with Gasteiger partial charge >= 0.3 is 0 Å². The third-order valence-corrected chi connectivity index (χ3v) is 4.29. The fraction of sp³-hybridized carbons (Fsp3) is 0.647. The van der Waals surface area contributed by atoms with E-state index in [-0.39, 0.29) is 18.2 Å². The Bertz CT molecular complexity index is 446. The highest BCUT2D eigenvalue weighted by Gasteiger charge is 2.36. The van der Waals surface area contributed by atoms with E-state index in [1.54, 1.807) is 0 Å². The minimum absolute atomic E-state index is 0.169. The standard InChI is InChI=1S/C17H28N2O2/c1-4-18-17(13-20)10-6-9-16(12-17)21-15-8-5-7-14(11-15)19(2)3/h5,7-8,11,16,18,20H,4,6,9-10,12-13H2,1-3H3. The Morgan fingerprint density at radius 2 is 2.24 bits per heavy atom. The number of likely N-dealkylation sites (N-methyl/N-ethyl adjacent to an activating group) is 1. The molecule has 1 aliphatic rings. The molecule has 4 heteroatoms. The fourth-order valence-electron chi connectivity index (χ4n) is 3.17. The summed E-state index contributed by atoms with van der Waals surface area (Å²) >= 11 is 0. The lowest BCUT2D eigenvalue weighted by Crippen LogP contribution is -2.53. The molecule has 1 saturated carbocycles. The van der Waals surface area contributed by atoms with E-state index in [2.05, 4.69) is 29.3 Å². The van der Waals surface area contributed by atoms with Crippen molar-refractivity contribution in [2.75, 3.05) is 32.1 Å². The number of anilines is 1. The molecule has 0 aliphatic heterocycles. The molecular formula is C17H28N2O2. The van der Waals surface area contributed by atoms with Gasteiger partial charge in [-0.25, -0.2) is 0 Å². The molecule has 0 spiro atoms. The Kier molecular flexibility index (Phi) is 5.48. The average Bonchev–Trinajstić information content (AvgIpc) is 2.48. The van der Waals surface area contributed by atoms with Gasteiger partial charge in [-0.1, -0.05) is 13.0 Å². The molecule has 1 aliphatic carbocycles. The molecule has 2 N–H and O–H groups in total. The molecule has 0 aromatic heterocycles. The number of hydrogen-bond donors (Lipinski definition) is 2. The highest BCUT2D eigenvalue weighted by Crippen LogP contribution is 2.31. The second-order valence-electron chi connectivity index (χ2n) is 6.20. The zero-order valence-electron chi connectivity index (χ0n) is 13.4. The smallest absolute Gasteiger partial charge is 0.121 e. The monoisotopic (exact) mass is 292 g/mol. The first-order chi connectivity index (χ1) is 10.1. The largest absolute Gasteiger partial charge is 0.490 e. The van der Waals surface area contributed by atoms with E-state index in [9.17, 15) is 5.11 Å². The van der Waals surface area contributed by atoms with Gasteiger partial charge in [0.2, 0.25) is 0 Å². The lowest BCUT2D eigenvalue weighted by molar-refractivity contribution is 0.0520. The molecule has 0 amide bonds. The molecule has 118 valence electrons. The first-order valence-corrected chi connectivity index (χ1v) is 7.88. The first-order valence-electron chi connectivity index (χ1n) is 7.88. The van der Waals surface area contributed by atoms with E-state index in [0.717, 1.165) is 43.7 Å². The number of benzene rings is 1. The van der Waals surface area contributed by atoms with Crippen molar-refractivity contribution in [3.63, 3.8) is 0 Å². The molecule has 4 nitrogen and oxygen atoms in total. The van der Waals surface area contributed by atoms with Crippen molar-refractivity contribution in [2.45, 2.75) is 44.2 Å². The summed E-state index contributed by atoms with van der Waals surface area (Å²) in [5, 5.41) is 13.2. The maximum absolute atomic E-state index is 9.75. The molecule has 0 bridgehead atoms. The van der Waals surface area contributed by atoms with Crippen LogP contribution in [-0.4, -0.2) is 44.0 Å². The molecule has 2 rings (SSSR count). The molecule has 1 fully saturated rings. The Labute approximate surface area is 128 Å². The lowest BCUT2D eigenvalue weighted by Gasteiger charge is -2.40. The normalized spacial score (nSPS) is 25.6. The third kappa shape index (κ3) is 4.11. The van der Waals surface area contributed by atoms with Crippen LogP contribution in [-0.2, 0) is 0 Å². The van der Waals surface area contributed by atoms with Crippen molar-refractivity contribution in [1.82, 2.24) is 5.32 Å². The van der Waals surface area contributed by atoms with Gasteiger partial charge in [-0.05, 0) is 37.9 Å². The Hall–Kier alpha value is -1.26. The molecule has 2 unspecified atom stereocenters. The molecule has 1 aromatic rings. The molecule has 0 saturated heterocycles. The Balaban J connectivity index is 2.03.